The van der Waals surface area contributed by atoms with E-state index in [0.717, 1.165) is 0 Å². The average Bonchev–Trinajstić information content (AvgIpc) is 2.64. The molecule has 3 heteroatoms. The summed E-state index contributed by atoms with van der Waals surface area (Å²) < 4.78 is 4.06. The average molecular weight is 388 g/mol. The van der Waals surface area contributed by atoms with Crippen LogP contribution in [0.4, 0.5) is 0 Å². The van der Waals surface area contributed by atoms with Crippen LogP contribution in [-0.4, -0.2) is 13.8 Å². The molecule has 0 spiro atoms. The van der Waals surface area contributed by atoms with Crippen LogP contribution in [0.1, 0.15) is 0 Å². The standard InChI is InChI=1S/C19H18P.CH3BrO/c1-20(17-11-5-2-6-12-17,18-13-7-3-8-14-18)19-15-9-4-10-16-19;1-3-2/h2-16H,1H3;1H3/q+1;. The molecular weight excluding hydrogens is 367 g/mol. The van der Waals surface area contributed by atoms with Gasteiger partial charge in [0, 0.05) is 0 Å². The molecule has 1 nitrogen and oxygen atoms in total. The first-order valence-electron chi connectivity index (χ1n) is 7.41. The Morgan fingerprint density at radius 1 is 0.609 bits per heavy atom. The molecule has 0 unspecified atom stereocenters. The van der Waals surface area contributed by atoms with Gasteiger partial charge in [0.1, 0.15) is 23.2 Å². The number of rotatable bonds is 3. The van der Waals surface area contributed by atoms with Crippen LogP contribution < -0.4 is 15.9 Å². The van der Waals surface area contributed by atoms with Crippen LogP contribution in [0, 0.1) is 0 Å². The van der Waals surface area contributed by atoms with Gasteiger partial charge in [-0.3, -0.25) is 0 Å². The van der Waals surface area contributed by atoms with Crippen molar-refractivity contribution in [3.05, 3.63) is 91.0 Å². The van der Waals surface area contributed by atoms with Crippen LogP contribution in [0.5, 0.6) is 0 Å². The number of halogens is 1. The Balaban J connectivity index is 0.000000595. The molecule has 3 aromatic carbocycles. The lowest BCUT2D eigenvalue weighted by molar-refractivity contribution is 0.519. The SMILES string of the molecule is COBr.C[P+](c1ccccc1)(c1ccccc1)c1ccccc1. The Bertz CT molecular complexity index is 590. The molecule has 0 bridgehead atoms. The van der Waals surface area contributed by atoms with Gasteiger partial charge in [-0.2, -0.15) is 0 Å². The van der Waals surface area contributed by atoms with Gasteiger partial charge in [0.2, 0.25) is 0 Å². The molecule has 0 saturated heterocycles. The highest BCUT2D eigenvalue weighted by Crippen LogP contribution is 2.51. The first-order chi connectivity index (χ1) is 11.2. The summed E-state index contributed by atoms with van der Waals surface area (Å²) in [5.41, 5.74) is 0. The maximum Gasteiger partial charge on any atom is 0.109 e. The zero-order valence-corrected chi connectivity index (χ0v) is 15.9. The maximum absolute atomic E-state index is 4.06. The van der Waals surface area contributed by atoms with Gasteiger partial charge in [-0.25, -0.2) is 0 Å². The van der Waals surface area contributed by atoms with E-state index in [1.807, 2.05) is 0 Å². The monoisotopic (exact) mass is 387 g/mol. The molecule has 3 aromatic rings. The van der Waals surface area contributed by atoms with Crippen molar-refractivity contribution in [3.63, 3.8) is 0 Å². The van der Waals surface area contributed by atoms with Gasteiger partial charge < -0.3 is 3.83 Å². The molecule has 0 aliphatic rings. The first-order valence-corrected chi connectivity index (χ1v) is 10.3. The Morgan fingerprint density at radius 2 is 0.826 bits per heavy atom. The van der Waals surface area contributed by atoms with E-state index in [-0.39, 0.29) is 0 Å². The summed E-state index contributed by atoms with van der Waals surface area (Å²) in [7, 11) is 0.0152. The van der Waals surface area contributed by atoms with E-state index >= 15 is 0 Å². The lowest BCUT2D eigenvalue weighted by Gasteiger charge is -2.22. The second-order valence-electron chi connectivity index (χ2n) is 5.17. The number of hydrogen-bond acceptors (Lipinski definition) is 1. The van der Waals surface area contributed by atoms with Gasteiger partial charge in [0.25, 0.3) is 0 Å². The van der Waals surface area contributed by atoms with E-state index in [1.54, 1.807) is 7.11 Å². The fourth-order valence-electron chi connectivity index (χ4n) is 2.63. The lowest BCUT2D eigenvalue weighted by Crippen LogP contribution is -2.30. The molecule has 118 valence electrons. The van der Waals surface area contributed by atoms with E-state index < -0.39 is 7.26 Å². The third-order valence-electron chi connectivity index (χ3n) is 3.82. The van der Waals surface area contributed by atoms with Crippen molar-refractivity contribution < 1.29 is 3.83 Å². The summed E-state index contributed by atoms with van der Waals surface area (Å²) in [6, 6.07) is 32.6. The first kappa shape index (κ1) is 17.9. The van der Waals surface area contributed by atoms with Crippen molar-refractivity contribution >= 4 is 39.4 Å². The van der Waals surface area contributed by atoms with Crippen LogP contribution in [0.3, 0.4) is 0 Å². The van der Waals surface area contributed by atoms with Crippen molar-refractivity contribution in [3.8, 4) is 0 Å². The van der Waals surface area contributed by atoms with E-state index in [0.29, 0.717) is 0 Å². The van der Waals surface area contributed by atoms with Crippen LogP contribution >= 0.6 is 23.5 Å². The van der Waals surface area contributed by atoms with Crippen LogP contribution in [0.25, 0.3) is 0 Å². The molecule has 0 saturated carbocycles. The minimum Gasteiger partial charge on any atom is -0.311 e. The Hall–Kier alpha value is -1.47. The summed E-state index contributed by atoms with van der Waals surface area (Å²) >= 11 is 2.65. The van der Waals surface area contributed by atoms with Gasteiger partial charge in [-0.05, 0) is 36.4 Å². The molecule has 0 radical (unpaired) electrons. The second-order valence-corrected chi connectivity index (χ2v) is 9.38. The number of benzene rings is 3. The predicted octanol–water partition coefficient (Wildman–Crippen LogP) is 4.55. The molecule has 0 aromatic heterocycles. The quantitative estimate of drug-likeness (QED) is 0.598. The summed E-state index contributed by atoms with van der Waals surface area (Å²) in [4.78, 5) is 0. The van der Waals surface area contributed by atoms with E-state index in [2.05, 4.69) is 118 Å². The molecule has 0 aliphatic carbocycles. The van der Waals surface area contributed by atoms with Crippen LogP contribution in [0.2, 0.25) is 0 Å². The normalized spacial score (nSPS) is 10.6. The Labute approximate surface area is 148 Å². The minimum absolute atomic E-state index is 1.43. The summed E-state index contributed by atoms with van der Waals surface area (Å²) in [5, 5.41) is 4.28. The topological polar surface area (TPSA) is 9.23 Å². The zero-order valence-electron chi connectivity index (χ0n) is 13.4. The molecule has 3 rings (SSSR count). The lowest BCUT2D eigenvalue weighted by atomic mass is 10.4. The van der Waals surface area contributed by atoms with Gasteiger partial charge in [0.15, 0.2) is 0 Å². The summed E-state index contributed by atoms with van der Waals surface area (Å²) in [5.74, 6) is 0. The second kappa shape index (κ2) is 8.98. The molecule has 0 amide bonds. The third kappa shape index (κ3) is 4.29. The van der Waals surface area contributed by atoms with Gasteiger partial charge in [-0.1, -0.05) is 54.6 Å². The molecular formula is C20H21BrOP+. The molecule has 23 heavy (non-hydrogen) atoms. The Kier molecular flexibility index (Phi) is 6.98. The maximum atomic E-state index is 4.06. The molecule has 0 N–H and O–H groups in total. The van der Waals surface area contributed by atoms with E-state index in [1.165, 1.54) is 15.9 Å². The third-order valence-corrected chi connectivity index (χ3v) is 7.81. The zero-order chi connectivity index (χ0) is 16.5. The molecule has 0 fully saturated rings. The van der Waals surface area contributed by atoms with Crippen molar-refractivity contribution in [1.82, 2.24) is 0 Å². The Morgan fingerprint density at radius 3 is 1.04 bits per heavy atom. The fraction of sp³-hybridized carbons (Fsp3) is 0.100. The van der Waals surface area contributed by atoms with E-state index in [9.17, 15) is 0 Å². The molecule has 0 aliphatic heterocycles. The van der Waals surface area contributed by atoms with Gasteiger partial charge >= 0.3 is 0 Å². The highest BCUT2D eigenvalue weighted by atomic mass is 79.9. The van der Waals surface area contributed by atoms with E-state index in [4.69, 9.17) is 0 Å². The van der Waals surface area contributed by atoms with Gasteiger partial charge in [-0.15, -0.1) is 0 Å². The fourth-order valence-corrected chi connectivity index (χ4v) is 5.83. The highest BCUT2D eigenvalue weighted by molar-refractivity contribution is 9.06. The number of hydrogen-bond donors (Lipinski definition) is 0. The summed E-state index contributed by atoms with van der Waals surface area (Å²) in [6.45, 7) is 2.41. The predicted molar refractivity (Wildman–Crippen MR) is 107 cm³/mol. The van der Waals surface area contributed by atoms with Crippen LogP contribution in [0.15, 0.2) is 91.0 Å². The van der Waals surface area contributed by atoms with Crippen molar-refractivity contribution in [2.45, 2.75) is 0 Å². The highest BCUT2D eigenvalue weighted by Gasteiger charge is 2.39. The van der Waals surface area contributed by atoms with Crippen LogP contribution in [-0.2, 0) is 3.83 Å². The van der Waals surface area contributed by atoms with Crippen molar-refractivity contribution in [2.24, 2.45) is 0 Å². The minimum atomic E-state index is -1.53. The largest absolute Gasteiger partial charge is 0.311 e. The van der Waals surface area contributed by atoms with Crippen molar-refractivity contribution in [1.29, 1.82) is 0 Å². The molecule has 0 atom stereocenters. The molecule has 0 heterocycles. The van der Waals surface area contributed by atoms with Crippen molar-refractivity contribution in [2.75, 3.05) is 13.8 Å². The smallest absolute Gasteiger partial charge is 0.109 e. The van der Waals surface area contributed by atoms with Gasteiger partial charge in [0.05, 0.1) is 30.0 Å². The summed E-state index contributed by atoms with van der Waals surface area (Å²) in [6.07, 6.45) is 0.